The molecule has 0 spiro atoms. The monoisotopic (exact) mass is 216 g/mol. The van der Waals surface area contributed by atoms with Crippen LogP contribution in [0.5, 0.6) is 5.75 Å². The molecule has 0 unspecified atom stereocenters. The summed E-state index contributed by atoms with van der Waals surface area (Å²) in [6.07, 6.45) is 0.959. The fourth-order valence-electron chi connectivity index (χ4n) is 0.999. The Balaban J connectivity index is 2.77. The average molecular weight is 217 g/mol. The summed E-state index contributed by atoms with van der Waals surface area (Å²) in [4.78, 5) is 10.6. The zero-order valence-corrected chi connectivity index (χ0v) is 8.26. The molecule has 2 nitrogen and oxygen atoms in total. The van der Waals surface area contributed by atoms with Gasteiger partial charge in [0.25, 0.3) is 0 Å². The van der Waals surface area contributed by atoms with Gasteiger partial charge in [-0.05, 0) is 12.1 Å². The summed E-state index contributed by atoms with van der Waals surface area (Å²) in [6, 6.07) is 4.89. The largest absolute Gasteiger partial charge is 0.491 e. The van der Waals surface area contributed by atoms with Crippen molar-refractivity contribution >= 4 is 17.9 Å². The summed E-state index contributed by atoms with van der Waals surface area (Å²) in [5.74, 6) is 0.331. The molecule has 0 aliphatic carbocycles. The molecule has 0 heterocycles. The summed E-state index contributed by atoms with van der Waals surface area (Å²) in [6.45, 7) is -0.220. The molecule has 0 saturated heterocycles. The van der Waals surface area contributed by atoms with E-state index in [0.29, 0.717) is 29.0 Å². The highest BCUT2D eigenvalue weighted by Gasteiger charge is 2.06. The van der Waals surface area contributed by atoms with Crippen molar-refractivity contribution in [1.82, 2.24) is 0 Å². The van der Waals surface area contributed by atoms with E-state index in [1.54, 1.807) is 18.2 Å². The molecule has 14 heavy (non-hydrogen) atoms. The zero-order chi connectivity index (χ0) is 10.4. The molecule has 0 aliphatic heterocycles. The van der Waals surface area contributed by atoms with Gasteiger partial charge in [-0.25, -0.2) is 0 Å². The van der Waals surface area contributed by atoms with Gasteiger partial charge in [0.1, 0.15) is 5.75 Å². The fraction of sp³-hybridized carbons (Fsp3) is 0.300. The van der Waals surface area contributed by atoms with Crippen LogP contribution in [0, 0.1) is 0 Å². The third-order valence-electron chi connectivity index (χ3n) is 1.65. The molecule has 0 amide bonds. The molecule has 0 aromatic heterocycles. The highest BCUT2D eigenvalue weighted by Crippen LogP contribution is 2.27. The second kappa shape index (κ2) is 5.60. The van der Waals surface area contributed by atoms with Crippen molar-refractivity contribution in [2.75, 3.05) is 13.3 Å². The van der Waals surface area contributed by atoms with E-state index in [4.69, 9.17) is 16.3 Å². The maximum absolute atomic E-state index is 11.8. The number of rotatable bonds is 5. The van der Waals surface area contributed by atoms with Crippen LogP contribution in [-0.2, 0) is 0 Å². The van der Waals surface area contributed by atoms with Gasteiger partial charge in [0.05, 0.1) is 23.9 Å². The van der Waals surface area contributed by atoms with Crippen LogP contribution < -0.4 is 4.74 Å². The molecule has 0 radical (unpaired) electrons. The summed E-state index contributed by atoms with van der Waals surface area (Å²) in [5.41, 5.74) is 0.386. The summed E-state index contributed by atoms with van der Waals surface area (Å²) in [7, 11) is 0. The van der Waals surface area contributed by atoms with Crippen molar-refractivity contribution in [1.29, 1.82) is 0 Å². The normalized spacial score (nSPS) is 9.86. The van der Waals surface area contributed by atoms with Gasteiger partial charge >= 0.3 is 0 Å². The minimum atomic E-state index is -0.444. The van der Waals surface area contributed by atoms with Gasteiger partial charge < -0.3 is 4.74 Å². The molecule has 0 atom stereocenters. The van der Waals surface area contributed by atoms with E-state index in [-0.39, 0.29) is 6.61 Å². The molecule has 0 aliphatic rings. The topological polar surface area (TPSA) is 26.3 Å². The Morgan fingerprint density at radius 3 is 2.93 bits per heavy atom. The highest BCUT2D eigenvalue weighted by atomic mass is 35.5. The van der Waals surface area contributed by atoms with E-state index in [2.05, 4.69) is 0 Å². The Labute approximate surface area is 86.6 Å². The molecule has 0 saturated carbocycles. The summed E-state index contributed by atoms with van der Waals surface area (Å²) >= 11 is 5.81. The number of carbonyl (C=O) groups is 1. The number of hydrogen-bond acceptors (Lipinski definition) is 2. The van der Waals surface area contributed by atoms with E-state index >= 15 is 0 Å². The molecule has 0 N–H and O–H groups in total. The number of ether oxygens (including phenoxy) is 1. The third kappa shape index (κ3) is 2.70. The van der Waals surface area contributed by atoms with E-state index in [1.165, 1.54) is 0 Å². The molecular weight excluding hydrogens is 207 g/mol. The van der Waals surface area contributed by atoms with Crippen LogP contribution in [0.15, 0.2) is 18.2 Å². The van der Waals surface area contributed by atoms with Crippen molar-refractivity contribution in [3.63, 3.8) is 0 Å². The molecule has 0 bridgehead atoms. The average Bonchev–Trinajstić information content (AvgIpc) is 2.20. The highest BCUT2D eigenvalue weighted by molar-refractivity contribution is 6.32. The summed E-state index contributed by atoms with van der Waals surface area (Å²) < 4.78 is 17.0. The van der Waals surface area contributed by atoms with Gasteiger partial charge in [-0.3, -0.25) is 9.18 Å². The first kappa shape index (κ1) is 11.0. The Morgan fingerprint density at radius 2 is 2.29 bits per heavy atom. The molecule has 76 valence electrons. The number of alkyl halides is 1. The second-order valence-corrected chi connectivity index (χ2v) is 3.07. The van der Waals surface area contributed by atoms with Crippen LogP contribution in [-0.4, -0.2) is 19.6 Å². The van der Waals surface area contributed by atoms with Gasteiger partial charge in [-0.1, -0.05) is 17.7 Å². The van der Waals surface area contributed by atoms with Gasteiger partial charge in [0, 0.05) is 6.42 Å². The van der Waals surface area contributed by atoms with Crippen LogP contribution in [0.3, 0.4) is 0 Å². The predicted molar refractivity (Wildman–Crippen MR) is 52.9 cm³/mol. The minimum absolute atomic E-state index is 0.223. The number of halogens is 2. The van der Waals surface area contributed by atoms with Crippen molar-refractivity contribution < 1.29 is 13.9 Å². The standard InChI is InChI=1S/C10H10ClFO2/c11-9-4-1-3-8(7-13)10(9)14-6-2-5-12/h1,3-4,7H,2,5-6H2. The van der Waals surface area contributed by atoms with Crippen LogP contribution in [0.25, 0.3) is 0 Å². The second-order valence-electron chi connectivity index (χ2n) is 2.67. The molecule has 1 aromatic carbocycles. The van der Waals surface area contributed by atoms with Gasteiger partial charge in [0.15, 0.2) is 6.29 Å². The Bertz CT molecular complexity index is 315. The quantitative estimate of drug-likeness (QED) is 0.559. The lowest BCUT2D eigenvalue weighted by molar-refractivity contribution is 0.111. The predicted octanol–water partition coefficient (Wildman–Crippen LogP) is 2.89. The number of hydrogen-bond donors (Lipinski definition) is 0. The number of benzene rings is 1. The first-order valence-electron chi connectivity index (χ1n) is 4.22. The smallest absolute Gasteiger partial charge is 0.153 e. The first-order valence-corrected chi connectivity index (χ1v) is 4.60. The molecule has 1 rings (SSSR count). The van der Waals surface area contributed by atoms with Crippen molar-refractivity contribution in [3.8, 4) is 5.75 Å². The van der Waals surface area contributed by atoms with Crippen molar-refractivity contribution in [3.05, 3.63) is 28.8 Å². The Kier molecular flexibility index (Phi) is 4.40. The molecule has 1 aromatic rings. The lowest BCUT2D eigenvalue weighted by atomic mass is 10.2. The Morgan fingerprint density at radius 1 is 1.50 bits per heavy atom. The summed E-state index contributed by atoms with van der Waals surface area (Å²) in [5, 5.41) is 0.369. The maximum atomic E-state index is 11.8. The first-order chi connectivity index (χ1) is 6.79. The van der Waals surface area contributed by atoms with E-state index in [1.807, 2.05) is 0 Å². The van der Waals surface area contributed by atoms with Crippen LogP contribution in [0.4, 0.5) is 4.39 Å². The molecule has 0 fully saturated rings. The number of para-hydroxylation sites is 1. The lowest BCUT2D eigenvalue weighted by Crippen LogP contribution is -2.01. The van der Waals surface area contributed by atoms with Crippen LogP contribution in [0.2, 0.25) is 5.02 Å². The van der Waals surface area contributed by atoms with Gasteiger partial charge in [-0.2, -0.15) is 0 Å². The van der Waals surface area contributed by atoms with E-state index < -0.39 is 6.67 Å². The maximum Gasteiger partial charge on any atom is 0.153 e. The van der Waals surface area contributed by atoms with Crippen LogP contribution >= 0.6 is 11.6 Å². The number of aldehydes is 1. The van der Waals surface area contributed by atoms with E-state index in [9.17, 15) is 9.18 Å². The van der Waals surface area contributed by atoms with Crippen molar-refractivity contribution in [2.24, 2.45) is 0 Å². The van der Waals surface area contributed by atoms with E-state index in [0.717, 1.165) is 0 Å². The molecular formula is C10H10ClFO2. The third-order valence-corrected chi connectivity index (χ3v) is 1.95. The number of carbonyl (C=O) groups excluding carboxylic acids is 1. The minimum Gasteiger partial charge on any atom is -0.491 e. The van der Waals surface area contributed by atoms with Crippen LogP contribution in [0.1, 0.15) is 16.8 Å². The lowest BCUT2D eigenvalue weighted by Gasteiger charge is -2.08. The van der Waals surface area contributed by atoms with Crippen molar-refractivity contribution in [2.45, 2.75) is 6.42 Å². The zero-order valence-electron chi connectivity index (χ0n) is 7.50. The van der Waals surface area contributed by atoms with Gasteiger partial charge in [-0.15, -0.1) is 0 Å². The van der Waals surface area contributed by atoms with Gasteiger partial charge in [0.2, 0.25) is 0 Å². The SMILES string of the molecule is O=Cc1cccc(Cl)c1OCCCF. The Hall–Kier alpha value is -1.09. The fourth-order valence-corrected chi connectivity index (χ4v) is 1.24. The molecule has 4 heteroatoms.